The van der Waals surface area contributed by atoms with E-state index in [0.717, 1.165) is 14.5 Å². The Balaban J connectivity index is 2.07. The van der Waals surface area contributed by atoms with E-state index >= 15 is 0 Å². The van der Waals surface area contributed by atoms with Gasteiger partial charge in [-0.1, -0.05) is 35.5 Å². The van der Waals surface area contributed by atoms with Crippen molar-refractivity contribution in [1.82, 2.24) is 9.66 Å². The molecule has 2 aromatic carbocycles. The summed E-state index contributed by atoms with van der Waals surface area (Å²) in [4.78, 5) is 17.6. The van der Waals surface area contributed by atoms with Crippen LogP contribution in [0.4, 0.5) is 0 Å². The van der Waals surface area contributed by atoms with E-state index in [1.165, 1.54) is 4.68 Å². The predicted molar refractivity (Wildman–Crippen MR) is 122 cm³/mol. The van der Waals surface area contributed by atoms with Crippen molar-refractivity contribution in [3.8, 4) is 11.5 Å². The molecule has 1 heterocycles. The zero-order valence-corrected chi connectivity index (χ0v) is 19.2. The first kappa shape index (κ1) is 21.3. The fourth-order valence-corrected chi connectivity index (χ4v) is 3.52. The number of fused-ring (bicyclic) bond motifs is 1. The number of rotatable bonds is 7. The predicted octanol–water partition coefficient (Wildman–Crippen LogP) is 4.94. The molecule has 0 spiro atoms. The van der Waals surface area contributed by atoms with Gasteiger partial charge in [0.25, 0.3) is 5.56 Å². The molecule has 0 amide bonds. The van der Waals surface area contributed by atoms with Crippen molar-refractivity contribution in [1.29, 1.82) is 0 Å². The number of hydrogen-bond donors (Lipinski definition) is 0. The molecular weight excluding hydrogens is 502 g/mol. The van der Waals surface area contributed by atoms with Crippen LogP contribution in [0.5, 0.6) is 11.5 Å². The van der Waals surface area contributed by atoms with E-state index in [9.17, 15) is 4.79 Å². The standard InChI is InChI=1S/C21H19Br2N3O3/c1-4-8-29-19-11-16(23)13(9-18(19)28-3)12-24-26-20(5-2)25-17-7-6-14(22)10-15(17)21(26)27/h4,6-7,9-12H,1,5,8H2,2-3H3. The van der Waals surface area contributed by atoms with Gasteiger partial charge in [-0.2, -0.15) is 9.78 Å². The van der Waals surface area contributed by atoms with Crippen LogP contribution >= 0.6 is 31.9 Å². The summed E-state index contributed by atoms with van der Waals surface area (Å²) < 4.78 is 13.9. The van der Waals surface area contributed by atoms with Crippen molar-refractivity contribution in [2.45, 2.75) is 13.3 Å². The van der Waals surface area contributed by atoms with E-state index in [2.05, 4.69) is 48.5 Å². The molecule has 0 fully saturated rings. The van der Waals surface area contributed by atoms with Gasteiger partial charge in [-0.15, -0.1) is 0 Å². The van der Waals surface area contributed by atoms with Crippen LogP contribution in [-0.2, 0) is 6.42 Å². The van der Waals surface area contributed by atoms with Gasteiger partial charge in [-0.3, -0.25) is 4.79 Å². The van der Waals surface area contributed by atoms with E-state index in [1.54, 1.807) is 37.6 Å². The van der Waals surface area contributed by atoms with Crippen molar-refractivity contribution in [2.24, 2.45) is 5.10 Å². The Morgan fingerprint density at radius 2 is 2.03 bits per heavy atom. The maximum Gasteiger partial charge on any atom is 0.282 e. The number of methoxy groups -OCH3 is 1. The number of benzene rings is 2. The first-order valence-corrected chi connectivity index (χ1v) is 10.4. The molecule has 6 nitrogen and oxygen atoms in total. The molecule has 0 saturated carbocycles. The maximum atomic E-state index is 13.0. The quantitative estimate of drug-likeness (QED) is 0.327. The minimum Gasteiger partial charge on any atom is -0.493 e. The fourth-order valence-electron chi connectivity index (χ4n) is 2.73. The van der Waals surface area contributed by atoms with Gasteiger partial charge in [-0.25, -0.2) is 4.98 Å². The SMILES string of the molecule is C=CCOc1cc(Br)c(C=Nn2c(CC)nc3ccc(Br)cc3c2=O)cc1OC. The summed E-state index contributed by atoms with van der Waals surface area (Å²) in [5, 5.41) is 4.91. The van der Waals surface area contributed by atoms with Crippen LogP contribution < -0.4 is 15.0 Å². The van der Waals surface area contributed by atoms with Crippen molar-refractivity contribution in [3.05, 3.63) is 73.7 Å². The molecule has 0 atom stereocenters. The van der Waals surface area contributed by atoms with Crippen LogP contribution in [0.15, 0.2) is 61.8 Å². The van der Waals surface area contributed by atoms with Crippen molar-refractivity contribution in [3.63, 3.8) is 0 Å². The molecule has 0 aliphatic carbocycles. The summed E-state index contributed by atoms with van der Waals surface area (Å²) in [6, 6.07) is 9.01. The summed E-state index contributed by atoms with van der Waals surface area (Å²) in [6.07, 6.45) is 3.82. The Bertz CT molecular complexity index is 1160. The molecule has 3 rings (SSSR count). The molecule has 1 aromatic heterocycles. The van der Waals surface area contributed by atoms with Crippen molar-refractivity contribution in [2.75, 3.05) is 13.7 Å². The second-order valence-corrected chi connectivity index (χ2v) is 7.80. The van der Waals surface area contributed by atoms with Crippen LogP contribution in [0.25, 0.3) is 10.9 Å². The van der Waals surface area contributed by atoms with E-state index < -0.39 is 0 Å². The Morgan fingerprint density at radius 3 is 2.72 bits per heavy atom. The Kier molecular flexibility index (Phi) is 6.87. The summed E-state index contributed by atoms with van der Waals surface area (Å²) in [5.74, 6) is 1.72. The number of ether oxygens (including phenoxy) is 2. The third-order valence-electron chi connectivity index (χ3n) is 4.14. The van der Waals surface area contributed by atoms with Gasteiger partial charge in [0.1, 0.15) is 12.4 Å². The number of aryl methyl sites for hydroxylation is 1. The highest BCUT2D eigenvalue weighted by Gasteiger charge is 2.12. The molecule has 0 aliphatic rings. The van der Waals surface area contributed by atoms with Crippen LogP contribution in [0.1, 0.15) is 18.3 Å². The van der Waals surface area contributed by atoms with E-state index in [-0.39, 0.29) is 5.56 Å². The highest BCUT2D eigenvalue weighted by atomic mass is 79.9. The van der Waals surface area contributed by atoms with Crippen molar-refractivity contribution < 1.29 is 9.47 Å². The fraction of sp³-hybridized carbons (Fsp3) is 0.190. The molecule has 150 valence electrons. The second-order valence-electron chi connectivity index (χ2n) is 6.03. The molecule has 0 N–H and O–H groups in total. The maximum absolute atomic E-state index is 13.0. The molecule has 8 heteroatoms. The molecular formula is C21H19Br2N3O3. The van der Waals surface area contributed by atoms with Gasteiger partial charge >= 0.3 is 0 Å². The Labute approximate surface area is 185 Å². The molecule has 0 aliphatic heterocycles. The lowest BCUT2D eigenvalue weighted by Crippen LogP contribution is -2.22. The zero-order valence-electron chi connectivity index (χ0n) is 16.0. The minimum absolute atomic E-state index is 0.224. The molecule has 0 unspecified atom stereocenters. The normalized spacial score (nSPS) is 11.2. The minimum atomic E-state index is -0.224. The van der Waals surface area contributed by atoms with Gasteiger partial charge in [0.05, 0.1) is 24.2 Å². The number of halogens is 2. The van der Waals surface area contributed by atoms with Gasteiger partial charge < -0.3 is 9.47 Å². The van der Waals surface area contributed by atoms with Crippen LogP contribution in [0.2, 0.25) is 0 Å². The van der Waals surface area contributed by atoms with Gasteiger partial charge in [0.2, 0.25) is 0 Å². The molecule has 0 bridgehead atoms. The summed E-state index contributed by atoms with van der Waals surface area (Å²) in [6.45, 7) is 5.94. The number of nitrogens with zero attached hydrogens (tertiary/aromatic N) is 3. The average Bonchev–Trinajstić information content (AvgIpc) is 2.72. The Hall–Kier alpha value is -2.45. The van der Waals surface area contributed by atoms with E-state index in [4.69, 9.17) is 9.47 Å². The van der Waals surface area contributed by atoms with Crippen molar-refractivity contribution >= 4 is 49.0 Å². The topological polar surface area (TPSA) is 65.7 Å². The highest BCUT2D eigenvalue weighted by Crippen LogP contribution is 2.33. The van der Waals surface area contributed by atoms with Crippen LogP contribution in [0.3, 0.4) is 0 Å². The van der Waals surface area contributed by atoms with Gasteiger partial charge in [-0.05, 0) is 46.3 Å². The highest BCUT2D eigenvalue weighted by molar-refractivity contribution is 9.10. The summed E-state index contributed by atoms with van der Waals surface area (Å²) >= 11 is 6.92. The monoisotopic (exact) mass is 519 g/mol. The first-order valence-electron chi connectivity index (χ1n) is 8.85. The third kappa shape index (κ3) is 4.59. The lowest BCUT2D eigenvalue weighted by molar-refractivity contribution is 0.326. The van der Waals surface area contributed by atoms with Crippen LogP contribution in [-0.4, -0.2) is 29.6 Å². The first-order chi connectivity index (χ1) is 14.0. The number of hydrogen-bond acceptors (Lipinski definition) is 5. The van der Waals surface area contributed by atoms with Gasteiger partial charge in [0, 0.05) is 20.9 Å². The van der Waals surface area contributed by atoms with E-state index in [0.29, 0.717) is 41.3 Å². The zero-order chi connectivity index (χ0) is 21.0. The lowest BCUT2D eigenvalue weighted by Gasteiger charge is -2.12. The smallest absolute Gasteiger partial charge is 0.282 e. The summed E-state index contributed by atoms with van der Waals surface area (Å²) in [7, 11) is 1.57. The molecule has 0 saturated heterocycles. The molecule has 3 aromatic rings. The number of aromatic nitrogens is 2. The lowest BCUT2D eigenvalue weighted by atomic mass is 10.2. The van der Waals surface area contributed by atoms with E-state index in [1.807, 2.05) is 19.1 Å². The van der Waals surface area contributed by atoms with Crippen LogP contribution in [0, 0.1) is 0 Å². The largest absolute Gasteiger partial charge is 0.493 e. The average molecular weight is 521 g/mol. The third-order valence-corrected chi connectivity index (χ3v) is 5.32. The second kappa shape index (κ2) is 9.37. The molecule has 29 heavy (non-hydrogen) atoms. The molecule has 0 radical (unpaired) electrons. The summed E-state index contributed by atoms with van der Waals surface area (Å²) in [5.41, 5.74) is 1.16. The Morgan fingerprint density at radius 1 is 1.24 bits per heavy atom. The van der Waals surface area contributed by atoms with Gasteiger partial charge in [0.15, 0.2) is 11.5 Å².